The van der Waals surface area contributed by atoms with Crippen LogP contribution in [0.1, 0.15) is 36.8 Å². The van der Waals surface area contributed by atoms with Gasteiger partial charge in [0.2, 0.25) is 0 Å². The number of pyridine rings is 1. The molecule has 0 radical (unpaired) electrons. The Labute approximate surface area is 205 Å². The Hall–Kier alpha value is -4.16. The lowest BCUT2D eigenvalue weighted by atomic mass is 10.0. The molecule has 0 bridgehead atoms. The number of imidazole rings is 1. The zero-order chi connectivity index (χ0) is 25.3. The number of aromatic amines is 1. The van der Waals surface area contributed by atoms with E-state index in [0.29, 0.717) is 22.1 Å². The number of hydrogen-bond donors (Lipinski definition) is 1. The van der Waals surface area contributed by atoms with Crippen molar-refractivity contribution in [3.63, 3.8) is 0 Å². The summed E-state index contributed by atoms with van der Waals surface area (Å²) in [6, 6.07) is 13.0. The van der Waals surface area contributed by atoms with Gasteiger partial charge < -0.3 is 9.55 Å². The molecule has 0 fully saturated rings. The number of fused-ring (bicyclic) bond motifs is 2. The van der Waals surface area contributed by atoms with Crippen molar-refractivity contribution in [3.8, 4) is 6.07 Å². The lowest BCUT2D eigenvalue weighted by Crippen LogP contribution is -2.39. The lowest BCUT2D eigenvalue weighted by molar-refractivity contribution is 0.648. The molecule has 4 aromatic heterocycles. The molecule has 0 aliphatic heterocycles. The molecule has 0 saturated heterocycles. The molecule has 4 heterocycles. The number of nitrogens with zero attached hydrogens (tertiary/aromatic N) is 6. The maximum Gasteiger partial charge on any atom is 0.332 e. The van der Waals surface area contributed by atoms with Crippen molar-refractivity contribution in [2.75, 3.05) is 0 Å². The van der Waals surface area contributed by atoms with Gasteiger partial charge in [0.05, 0.1) is 12.6 Å². The van der Waals surface area contributed by atoms with Crippen LogP contribution in [-0.2, 0) is 20.6 Å². The lowest BCUT2D eigenvalue weighted by Gasteiger charge is -2.09. The van der Waals surface area contributed by atoms with Crippen LogP contribution in [0.5, 0.6) is 0 Å². The summed E-state index contributed by atoms with van der Waals surface area (Å²) < 4.78 is 4.07. The summed E-state index contributed by atoms with van der Waals surface area (Å²) >= 11 is 6.26. The van der Waals surface area contributed by atoms with Crippen molar-refractivity contribution >= 4 is 33.7 Å². The number of aryl methyl sites for hydroxylation is 2. The molecule has 0 spiro atoms. The minimum Gasteiger partial charge on any atom is -0.357 e. The molecular weight excluding hydrogens is 466 g/mol. The van der Waals surface area contributed by atoms with E-state index in [1.54, 1.807) is 49.3 Å². The van der Waals surface area contributed by atoms with Crippen molar-refractivity contribution in [1.29, 1.82) is 5.26 Å². The molecule has 0 aliphatic rings. The highest BCUT2D eigenvalue weighted by molar-refractivity contribution is 6.35. The molecule has 10 heteroatoms. The van der Waals surface area contributed by atoms with E-state index in [4.69, 9.17) is 11.6 Å². The molecule has 0 aliphatic carbocycles. The van der Waals surface area contributed by atoms with Crippen LogP contribution < -0.4 is 11.2 Å². The Kier molecular flexibility index (Phi) is 6.58. The summed E-state index contributed by atoms with van der Waals surface area (Å²) in [5.41, 5.74) is 1.69. The van der Waals surface area contributed by atoms with Crippen LogP contribution >= 0.6 is 11.6 Å². The highest BCUT2D eigenvalue weighted by Crippen LogP contribution is 2.25. The average molecular weight is 490 g/mol. The minimum absolute atomic E-state index is 0.0407. The van der Waals surface area contributed by atoms with Crippen molar-refractivity contribution in [2.45, 2.75) is 26.3 Å². The fourth-order valence-corrected chi connectivity index (χ4v) is 4.36. The van der Waals surface area contributed by atoms with Gasteiger partial charge >= 0.3 is 5.69 Å². The number of nitrogens with one attached hydrogen (secondary N) is 1. The number of H-pyrrole nitrogens is 1. The standard InChI is InChI=1S/C23H18ClN7O2.C2H6/c1-29-19-21(28-20(29)16(11-25)13-6-8-26-9-7-13)30(2)23(33)31(22(19)32)12-14-10-15-17(24)4-3-5-18(15)27-14;1-2/h3-10,16,27H,12H2,1-2H3;1-2H3. The van der Waals surface area contributed by atoms with Crippen LogP contribution in [0.2, 0.25) is 5.02 Å². The van der Waals surface area contributed by atoms with Gasteiger partial charge in [0.25, 0.3) is 5.56 Å². The Morgan fingerprint density at radius 1 is 1.11 bits per heavy atom. The highest BCUT2D eigenvalue weighted by atomic mass is 35.5. The van der Waals surface area contributed by atoms with Gasteiger partial charge in [-0.3, -0.25) is 18.9 Å². The van der Waals surface area contributed by atoms with Crippen LogP contribution in [0.4, 0.5) is 0 Å². The van der Waals surface area contributed by atoms with E-state index in [1.807, 2.05) is 32.0 Å². The van der Waals surface area contributed by atoms with Crippen LogP contribution in [-0.4, -0.2) is 28.7 Å². The smallest absolute Gasteiger partial charge is 0.332 e. The first-order valence-electron chi connectivity index (χ1n) is 11.1. The third-order valence-corrected chi connectivity index (χ3v) is 6.15. The SMILES string of the molecule is CC.Cn1c(C(C#N)c2ccncc2)nc2c1c(=O)n(Cc1cc3c(Cl)cccc3[nH]1)c(=O)n2C. The summed E-state index contributed by atoms with van der Waals surface area (Å²) in [4.78, 5) is 38.2. The van der Waals surface area contributed by atoms with E-state index in [1.165, 1.54) is 4.57 Å². The van der Waals surface area contributed by atoms with E-state index < -0.39 is 17.2 Å². The van der Waals surface area contributed by atoms with Gasteiger partial charge in [-0.1, -0.05) is 31.5 Å². The van der Waals surface area contributed by atoms with Gasteiger partial charge in [-0.15, -0.1) is 0 Å². The van der Waals surface area contributed by atoms with Crippen LogP contribution in [0.15, 0.2) is 58.4 Å². The third-order valence-electron chi connectivity index (χ3n) is 5.82. The monoisotopic (exact) mass is 489 g/mol. The molecule has 9 nitrogen and oxygen atoms in total. The number of rotatable bonds is 4. The first kappa shape index (κ1) is 24.0. The summed E-state index contributed by atoms with van der Waals surface area (Å²) in [7, 11) is 3.24. The van der Waals surface area contributed by atoms with Crippen molar-refractivity contribution in [1.82, 2.24) is 28.7 Å². The minimum atomic E-state index is -0.718. The fraction of sp³-hybridized carbons (Fsp3) is 0.240. The van der Waals surface area contributed by atoms with Gasteiger partial charge in [0.1, 0.15) is 11.7 Å². The topological polar surface area (TPSA) is 114 Å². The molecule has 1 unspecified atom stereocenters. The molecule has 35 heavy (non-hydrogen) atoms. The molecule has 0 amide bonds. The summed E-state index contributed by atoms with van der Waals surface area (Å²) in [5, 5.41) is 11.2. The summed E-state index contributed by atoms with van der Waals surface area (Å²) in [6.07, 6.45) is 3.19. The second-order valence-electron chi connectivity index (χ2n) is 7.77. The average Bonchev–Trinajstić information content (AvgIpc) is 3.45. The molecule has 1 aromatic carbocycles. The largest absolute Gasteiger partial charge is 0.357 e. The van der Waals surface area contributed by atoms with Crippen molar-refractivity contribution < 1.29 is 0 Å². The maximum atomic E-state index is 13.4. The maximum absolute atomic E-state index is 13.4. The van der Waals surface area contributed by atoms with Gasteiger partial charge in [-0.25, -0.2) is 9.78 Å². The Morgan fingerprint density at radius 3 is 2.49 bits per heavy atom. The molecule has 1 N–H and O–H groups in total. The molecule has 178 valence electrons. The second kappa shape index (κ2) is 9.60. The zero-order valence-corrected chi connectivity index (χ0v) is 20.5. The van der Waals surface area contributed by atoms with Crippen molar-refractivity contribution in [3.05, 3.63) is 91.7 Å². The molecule has 0 saturated carbocycles. The quantitative estimate of drug-likeness (QED) is 0.413. The number of nitriles is 1. The first-order valence-corrected chi connectivity index (χ1v) is 11.5. The van der Waals surface area contributed by atoms with Crippen molar-refractivity contribution in [2.24, 2.45) is 14.1 Å². The van der Waals surface area contributed by atoms with Gasteiger partial charge in [-0.05, 0) is 35.9 Å². The second-order valence-corrected chi connectivity index (χ2v) is 8.18. The summed E-state index contributed by atoms with van der Waals surface area (Å²) in [6.45, 7) is 4.04. The molecule has 1 atom stereocenters. The normalized spacial score (nSPS) is 11.8. The summed E-state index contributed by atoms with van der Waals surface area (Å²) in [5.74, 6) is -0.342. The number of benzene rings is 1. The van der Waals surface area contributed by atoms with E-state index in [9.17, 15) is 14.9 Å². The molecular formula is C25H24ClN7O2. The first-order chi connectivity index (χ1) is 16.9. The van der Waals surface area contributed by atoms with E-state index in [0.717, 1.165) is 15.5 Å². The fourth-order valence-electron chi connectivity index (χ4n) is 4.13. The van der Waals surface area contributed by atoms with Crippen LogP contribution in [0.3, 0.4) is 0 Å². The Balaban J connectivity index is 0.00000141. The van der Waals surface area contributed by atoms with Crippen LogP contribution in [0, 0.1) is 11.3 Å². The molecule has 5 rings (SSSR count). The Bertz CT molecular complexity index is 1690. The van der Waals surface area contributed by atoms with Crippen LogP contribution in [0.25, 0.3) is 22.1 Å². The number of halogens is 1. The predicted molar refractivity (Wildman–Crippen MR) is 136 cm³/mol. The van der Waals surface area contributed by atoms with Gasteiger partial charge in [0, 0.05) is 48.1 Å². The predicted octanol–water partition coefficient (Wildman–Crippen LogP) is 3.69. The van der Waals surface area contributed by atoms with E-state index >= 15 is 0 Å². The van der Waals surface area contributed by atoms with Gasteiger partial charge in [0.15, 0.2) is 11.2 Å². The third kappa shape index (κ3) is 4.02. The number of aromatic nitrogens is 6. The highest BCUT2D eigenvalue weighted by Gasteiger charge is 2.25. The van der Waals surface area contributed by atoms with E-state index in [2.05, 4.69) is 21.0 Å². The van der Waals surface area contributed by atoms with E-state index in [-0.39, 0.29) is 17.7 Å². The molecule has 5 aromatic rings. The Morgan fingerprint density at radius 2 is 1.83 bits per heavy atom. The van der Waals surface area contributed by atoms with Gasteiger partial charge in [-0.2, -0.15) is 5.26 Å². The number of hydrogen-bond acceptors (Lipinski definition) is 5. The zero-order valence-electron chi connectivity index (χ0n) is 19.8.